The van der Waals surface area contributed by atoms with Gasteiger partial charge in [-0.05, 0) is 129 Å². The van der Waals surface area contributed by atoms with Gasteiger partial charge in [0.1, 0.15) is 11.9 Å². The Balaban J connectivity index is 1.11. The summed E-state index contributed by atoms with van der Waals surface area (Å²) >= 11 is 0. The van der Waals surface area contributed by atoms with Crippen molar-refractivity contribution in [3.63, 3.8) is 0 Å². The van der Waals surface area contributed by atoms with Gasteiger partial charge in [-0.1, -0.05) is 116 Å². The van der Waals surface area contributed by atoms with Gasteiger partial charge in [-0.25, -0.2) is 5.26 Å². The first-order valence-electron chi connectivity index (χ1n) is 20.8. The molecule has 8 atom stereocenters. The number of carbonyl (C=O) groups excluding carboxylic acids is 1. The Morgan fingerprint density at radius 1 is 0.898 bits per heavy atom. The highest BCUT2D eigenvalue weighted by Gasteiger charge is 2.59. The van der Waals surface area contributed by atoms with Crippen molar-refractivity contribution in [1.29, 1.82) is 0 Å². The van der Waals surface area contributed by atoms with E-state index in [0.717, 1.165) is 80.5 Å². The zero-order chi connectivity index (χ0) is 35.3. The van der Waals surface area contributed by atoms with E-state index in [9.17, 15) is 4.79 Å². The SMILES string of the molecule is CC/C(=C\C/C=C\C/C=C\CCCCCCCC(=O)O[C@H]1CC[C@@]2(C)C(=CC[C@H]3[C@@H]4CC[C@H]([C@H](C)CCCC(C)C)[C@@]4(C)CC[C@@H]32)C1)OO. The molecule has 4 aliphatic rings. The Labute approximate surface area is 301 Å². The van der Waals surface area contributed by atoms with Crippen LogP contribution in [0, 0.1) is 46.3 Å². The summed E-state index contributed by atoms with van der Waals surface area (Å²) in [5.41, 5.74) is 2.48. The molecule has 278 valence electrons. The Hall–Kier alpha value is -1.81. The van der Waals surface area contributed by atoms with E-state index < -0.39 is 0 Å². The molecule has 4 nitrogen and oxygen atoms in total. The van der Waals surface area contributed by atoms with E-state index in [2.05, 4.69) is 69.9 Å². The molecule has 0 unspecified atom stereocenters. The van der Waals surface area contributed by atoms with E-state index in [1.54, 1.807) is 5.57 Å². The van der Waals surface area contributed by atoms with Crippen LogP contribution in [0.1, 0.15) is 176 Å². The lowest BCUT2D eigenvalue weighted by Gasteiger charge is -2.58. The predicted molar refractivity (Wildman–Crippen MR) is 205 cm³/mol. The van der Waals surface area contributed by atoms with Gasteiger partial charge in [0.15, 0.2) is 0 Å². The summed E-state index contributed by atoms with van der Waals surface area (Å²) in [6, 6.07) is 0. The number of allylic oxidation sites excluding steroid dienone is 7. The van der Waals surface area contributed by atoms with E-state index in [1.807, 2.05) is 13.0 Å². The number of rotatable bonds is 20. The highest BCUT2D eigenvalue weighted by molar-refractivity contribution is 5.69. The lowest BCUT2D eigenvalue weighted by atomic mass is 9.47. The quantitative estimate of drug-likeness (QED) is 0.0348. The maximum absolute atomic E-state index is 12.8. The Bertz CT molecular complexity index is 1120. The molecule has 0 amide bonds. The van der Waals surface area contributed by atoms with Crippen molar-refractivity contribution in [1.82, 2.24) is 0 Å². The van der Waals surface area contributed by atoms with Gasteiger partial charge >= 0.3 is 5.97 Å². The van der Waals surface area contributed by atoms with Gasteiger partial charge in [0, 0.05) is 19.3 Å². The van der Waals surface area contributed by atoms with Gasteiger partial charge in [0.25, 0.3) is 0 Å². The van der Waals surface area contributed by atoms with Gasteiger partial charge in [0.05, 0.1) is 0 Å². The average Bonchev–Trinajstić information content (AvgIpc) is 3.44. The van der Waals surface area contributed by atoms with E-state index >= 15 is 0 Å². The van der Waals surface area contributed by atoms with Crippen molar-refractivity contribution in [3.8, 4) is 0 Å². The average molecular weight is 679 g/mol. The fourth-order valence-electron chi connectivity index (χ4n) is 11.0. The van der Waals surface area contributed by atoms with Crippen molar-refractivity contribution in [2.45, 2.75) is 182 Å². The molecule has 49 heavy (non-hydrogen) atoms. The number of esters is 1. The third-order valence-electron chi connectivity index (χ3n) is 13.9. The largest absolute Gasteiger partial charge is 0.462 e. The van der Waals surface area contributed by atoms with Crippen molar-refractivity contribution in [2.24, 2.45) is 46.3 Å². The van der Waals surface area contributed by atoms with E-state index in [1.165, 1.54) is 77.0 Å². The molecule has 4 aliphatic carbocycles. The standard InChI is InChI=1S/C45H74O4/c1-7-37(49-47)23-18-16-14-12-10-8-9-11-13-15-17-19-24-43(46)48-38-29-31-44(5)36(33-38)25-26-39-41-28-27-40(35(4)22-20-21-34(2)3)45(41,6)32-30-42(39)44/h8,10,14,16,23,25,34-35,38-42,47H,7,9,11-13,15,17-22,24,26-33H2,1-6H3/b10-8-,16-14-,37-23+/t35-,38+,39+,40-,41+,42+,44+,45-/m1/s1. The minimum absolute atomic E-state index is 0.0251. The number of carbonyl (C=O) groups is 1. The molecule has 4 rings (SSSR count). The monoisotopic (exact) mass is 679 g/mol. The molecule has 0 heterocycles. The molecule has 1 N–H and O–H groups in total. The van der Waals surface area contributed by atoms with Crippen molar-refractivity contribution in [3.05, 3.63) is 47.8 Å². The van der Waals surface area contributed by atoms with Gasteiger partial charge in [0.2, 0.25) is 0 Å². The summed E-state index contributed by atoms with van der Waals surface area (Å²) in [5.74, 6) is 5.82. The van der Waals surface area contributed by atoms with Gasteiger partial charge in [-0.3, -0.25) is 4.79 Å². The third-order valence-corrected chi connectivity index (χ3v) is 13.9. The molecule has 0 aromatic heterocycles. The molecular formula is C45H74O4. The molecule has 0 bridgehead atoms. The Morgan fingerprint density at radius 2 is 1.65 bits per heavy atom. The maximum Gasteiger partial charge on any atom is 0.306 e. The summed E-state index contributed by atoms with van der Waals surface area (Å²) < 4.78 is 6.11. The first-order valence-corrected chi connectivity index (χ1v) is 20.8. The minimum Gasteiger partial charge on any atom is -0.462 e. The van der Waals surface area contributed by atoms with Crippen molar-refractivity contribution >= 4 is 5.97 Å². The van der Waals surface area contributed by atoms with Crippen LogP contribution in [-0.4, -0.2) is 17.3 Å². The number of hydrogen-bond donors (Lipinski definition) is 1. The molecule has 0 aromatic carbocycles. The predicted octanol–water partition coefficient (Wildman–Crippen LogP) is 13.3. The molecular weight excluding hydrogens is 604 g/mol. The summed E-state index contributed by atoms with van der Waals surface area (Å²) in [7, 11) is 0. The van der Waals surface area contributed by atoms with Crippen LogP contribution in [0.4, 0.5) is 0 Å². The third kappa shape index (κ3) is 10.8. The highest BCUT2D eigenvalue weighted by atomic mass is 17.1. The molecule has 3 fully saturated rings. The number of ether oxygens (including phenoxy) is 1. The maximum atomic E-state index is 12.8. The number of fused-ring (bicyclic) bond motifs is 5. The smallest absolute Gasteiger partial charge is 0.306 e. The first-order chi connectivity index (χ1) is 23.6. The van der Waals surface area contributed by atoms with Crippen LogP contribution in [0.25, 0.3) is 0 Å². The molecule has 3 saturated carbocycles. The summed E-state index contributed by atoms with van der Waals surface area (Å²) in [6.07, 6.45) is 37.6. The summed E-state index contributed by atoms with van der Waals surface area (Å²) in [6.45, 7) is 14.6. The molecule has 0 radical (unpaired) electrons. The van der Waals surface area contributed by atoms with Crippen LogP contribution in [0.15, 0.2) is 47.8 Å². The molecule has 0 aliphatic heterocycles. The van der Waals surface area contributed by atoms with Crippen LogP contribution in [-0.2, 0) is 14.4 Å². The van der Waals surface area contributed by atoms with E-state index in [-0.39, 0.29) is 12.1 Å². The van der Waals surface area contributed by atoms with Gasteiger partial charge < -0.3 is 9.62 Å². The van der Waals surface area contributed by atoms with E-state index in [0.29, 0.717) is 29.4 Å². The summed E-state index contributed by atoms with van der Waals surface area (Å²) in [4.78, 5) is 17.1. The zero-order valence-corrected chi connectivity index (χ0v) is 32.5. The molecule has 4 heteroatoms. The molecule has 0 saturated heterocycles. The second kappa shape index (κ2) is 19.7. The Kier molecular flexibility index (Phi) is 16.1. The fraction of sp³-hybridized carbons (Fsp3) is 0.800. The van der Waals surface area contributed by atoms with Crippen LogP contribution < -0.4 is 0 Å². The fourth-order valence-corrected chi connectivity index (χ4v) is 11.0. The lowest BCUT2D eigenvalue weighted by Crippen LogP contribution is -2.51. The highest BCUT2D eigenvalue weighted by Crippen LogP contribution is 2.67. The van der Waals surface area contributed by atoms with Crippen LogP contribution in [0.5, 0.6) is 0 Å². The topological polar surface area (TPSA) is 55.8 Å². The lowest BCUT2D eigenvalue weighted by molar-refractivity contribution is -0.205. The zero-order valence-electron chi connectivity index (χ0n) is 32.5. The van der Waals surface area contributed by atoms with Crippen molar-refractivity contribution in [2.75, 3.05) is 0 Å². The van der Waals surface area contributed by atoms with Crippen LogP contribution in [0.3, 0.4) is 0 Å². The van der Waals surface area contributed by atoms with E-state index in [4.69, 9.17) is 9.99 Å². The van der Waals surface area contributed by atoms with Crippen LogP contribution >= 0.6 is 0 Å². The first kappa shape index (κ1) is 40.0. The van der Waals surface area contributed by atoms with Crippen molar-refractivity contribution < 1.29 is 19.7 Å². The second-order valence-corrected chi connectivity index (χ2v) is 17.5. The number of hydrogen-bond acceptors (Lipinski definition) is 4. The molecule has 0 spiro atoms. The summed E-state index contributed by atoms with van der Waals surface area (Å²) in [5, 5.41) is 8.70. The normalized spacial score (nSPS) is 32.2. The van der Waals surface area contributed by atoms with Gasteiger partial charge in [-0.15, -0.1) is 0 Å². The second-order valence-electron chi connectivity index (χ2n) is 17.5. The van der Waals surface area contributed by atoms with Gasteiger partial charge in [-0.2, -0.15) is 0 Å². The van der Waals surface area contributed by atoms with Crippen LogP contribution in [0.2, 0.25) is 0 Å². The Morgan fingerprint density at radius 3 is 2.43 bits per heavy atom. The number of unbranched alkanes of at least 4 members (excludes halogenated alkanes) is 5. The minimum atomic E-state index is 0.0251. The molecule has 0 aromatic rings.